The fourth-order valence-corrected chi connectivity index (χ4v) is 4.62. The van der Waals surface area contributed by atoms with Gasteiger partial charge in [0.25, 0.3) is 0 Å². The minimum Gasteiger partial charge on any atom is -0.303 e. The van der Waals surface area contributed by atoms with Crippen LogP contribution in [0.3, 0.4) is 0 Å². The van der Waals surface area contributed by atoms with Gasteiger partial charge in [-0.3, -0.25) is 0 Å². The van der Waals surface area contributed by atoms with Crippen molar-refractivity contribution in [2.24, 2.45) is 5.41 Å². The van der Waals surface area contributed by atoms with E-state index < -0.39 is 0 Å². The second-order valence-electron chi connectivity index (χ2n) is 5.48. The molecule has 1 saturated heterocycles. The van der Waals surface area contributed by atoms with Gasteiger partial charge in [0, 0.05) is 5.25 Å². The van der Waals surface area contributed by atoms with Crippen LogP contribution < -0.4 is 5.32 Å². The first-order chi connectivity index (χ1) is 6.02. The van der Waals surface area contributed by atoms with Crippen molar-refractivity contribution in [3.05, 3.63) is 0 Å². The quantitative estimate of drug-likeness (QED) is 0.643. The minimum atomic E-state index is 0.446. The molecule has 0 aromatic rings. The van der Waals surface area contributed by atoms with Gasteiger partial charge in [0.2, 0.25) is 0 Å². The Morgan fingerprint density at radius 3 is 2.62 bits per heavy atom. The lowest BCUT2D eigenvalue weighted by molar-refractivity contribution is 0.348. The van der Waals surface area contributed by atoms with Gasteiger partial charge in [0.05, 0.1) is 4.87 Å². The summed E-state index contributed by atoms with van der Waals surface area (Å²) >= 11 is 2.19. The molecule has 2 heteroatoms. The lowest BCUT2D eigenvalue weighted by atomic mass is 9.91. The van der Waals surface area contributed by atoms with E-state index >= 15 is 0 Å². The minimum absolute atomic E-state index is 0.446. The predicted octanol–water partition coefficient (Wildman–Crippen LogP) is 3.01. The van der Waals surface area contributed by atoms with E-state index in [2.05, 4.69) is 37.8 Å². The third-order valence-corrected chi connectivity index (χ3v) is 4.98. The fourth-order valence-electron chi connectivity index (χ4n) is 2.73. The molecule has 0 aromatic carbocycles. The average molecular weight is 199 g/mol. The van der Waals surface area contributed by atoms with Crippen molar-refractivity contribution < 1.29 is 0 Å². The zero-order valence-electron chi connectivity index (χ0n) is 9.02. The summed E-state index contributed by atoms with van der Waals surface area (Å²) < 4.78 is 0. The van der Waals surface area contributed by atoms with Crippen LogP contribution in [0.2, 0.25) is 0 Å². The Hall–Kier alpha value is 0.310. The molecule has 0 aromatic heterocycles. The number of nitrogens with one attached hydrogen (secondary N) is 1. The molecule has 76 valence electrons. The van der Waals surface area contributed by atoms with Crippen LogP contribution >= 0.6 is 11.8 Å². The number of hydrogen-bond acceptors (Lipinski definition) is 2. The lowest BCUT2D eigenvalue weighted by Crippen LogP contribution is -2.46. The summed E-state index contributed by atoms with van der Waals surface area (Å²) in [6.07, 6.45) is 5.45. The van der Waals surface area contributed by atoms with Crippen molar-refractivity contribution >= 4 is 11.8 Å². The van der Waals surface area contributed by atoms with Crippen LogP contribution in [0.5, 0.6) is 0 Å². The van der Waals surface area contributed by atoms with Gasteiger partial charge < -0.3 is 5.32 Å². The first-order valence-electron chi connectivity index (χ1n) is 5.44. The Balaban J connectivity index is 2.05. The highest BCUT2D eigenvalue weighted by Gasteiger charge is 2.45. The van der Waals surface area contributed by atoms with Crippen LogP contribution in [0, 0.1) is 5.41 Å². The zero-order valence-corrected chi connectivity index (χ0v) is 9.84. The molecule has 1 aliphatic heterocycles. The van der Waals surface area contributed by atoms with Crippen molar-refractivity contribution in [1.82, 2.24) is 5.32 Å². The van der Waals surface area contributed by atoms with E-state index in [0.717, 1.165) is 5.25 Å². The normalized spacial score (nSPS) is 44.1. The standard InChI is InChI=1S/C11H21NS/c1-9-4-7-12-11(13-9)6-5-10(2,3)8-11/h9,12H,4-8H2,1-3H3. The summed E-state index contributed by atoms with van der Waals surface area (Å²) in [4.78, 5) is 0.446. The summed E-state index contributed by atoms with van der Waals surface area (Å²) in [5.74, 6) is 0. The van der Waals surface area contributed by atoms with Crippen LogP contribution in [0.1, 0.15) is 46.5 Å². The van der Waals surface area contributed by atoms with Crippen LogP contribution in [-0.2, 0) is 0 Å². The molecule has 1 spiro atoms. The molecule has 0 bridgehead atoms. The number of rotatable bonds is 0. The Morgan fingerprint density at radius 1 is 1.31 bits per heavy atom. The van der Waals surface area contributed by atoms with Crippen LogP contribution in [-0.4, -0.2) is 16.7 Å². The van der Waals surface area contributed by atoms with Gasteiger partial charge in [0.1, 0.15) is 0 Å². The third kappa shape index (κ3) is 2.04. The molecule has 2 fully saturated rings. The van der Waals surface area contributed by atoms with Gasteiger partial charge >= 0.3 is 0 Å². The van der Waals surface area contributed by atoms with E-state index in [0.29, 0.717) is 10.3 Å². The zero-order chi connectivity index (χ0) is 9.53. The van der Waals surface area contributed by atoms with Crippen molar-refractivity contribution in [3.8, 4) is 0 Å². The van der Waals surface area contributed by atoms with E-state index in [1.807, 2.05) is 0 Å². The molecule has 2 aliphatic rings. The van der Waals surface area contributed by atoms with Gasteiger partial charge in [-0.1, -0.05) is 20.8 Å². The van der Waals surface area contributed by atoms with Gasteiger partial charge in [0.15, 0.2) is 0 Å². The molecular weight excluding hydrogens is 178 g/mol. The second-order valence-corrected chi connectivity index (χ2v) is 7.30. The first-order valence-corrected chi connectivity index (χ1v) is 6.32. The molecular formula is C11H21NS. The summed E-state index contributed by atoms with van der Waals surface area (Å²) in [5.41, 5.74) is 0.567. The van der Waals surface area contributed by atoms with Crippen LogP contribution in [0.4, 0.5) is 0 Å². The Bertz CT molecular complexity index is 202. The predicted molar refractivity (Wildman–Crippen MR) is 60.0 cm³/mol. The summed E-state index contributed by atoms with van der Waals surface area (Å²) in [6.45, 7) is 8.41. The molecule has 13 heavy (non-hydrogen) atoms. The summed E-state index contributed by atoms with van der Waals surface area (Å²) in [7, 11) is 0. The van der Waals surface area contributed by atoms with Gasteiger partial charge in [-0.2, -0.15) is 0 Å². The highest BCUT2D eigenvalue weighted by molar-refractivity contribution is 8.01. The molecule has 2 rings (SSSR count). The smallest absolute Gasteiger partial charge is 0.0653 e. The molecule has 1 nitrogen and oxygen atoms in total. The van der Waals surface area contributed by atoms with Gasteiger partial charge in [-0.25, -0.2) is 0 Å². The largest absolute Gasteiger partial charge is 0.303 e. The third-order valence-electron chi connectivity index (χ3n) is 3.39. The highest BCUT2D eigenvalue weighted by atomic mass is 32.2. The van der Waals surface area contributed by atoms with Crippen molar-refractivity contribution in [2.45, 2.75) is 56.6 Å². The van der Waals surface area contributed by atoms with E-state index in [-0.39, 0.29) is 0 Å². The Labute approximate surface area is 86.0 Å². The Kier molecular flexibility index (Phi) is 2.40. The van der Waals surface area contributed by atoms with E-state index in [9.17, 15) is 0 Å². The number of thioether (sulfide) groups is 1. The molecule has 2 atom stereocenters. The summed E-state index contributed by atoms with van der Waals surface area (Å²) in [5, 5.41) is 4.60. The maximum Gasteiger partial charge on any atom is 0.0653 e. The lowest BCUT2D eigenvalue weighted by Gasteiger charge is -2.38. The Morgan fingerprint density at radius 2 is 2.08 bits per heavy atom. The van der Waals surface area contributed by atoms with E-state index in [4.69, 9.17) is 0 Å². The summed E-state index contributed by atoms with van der Waals surface area (Å²) in [6, 6.07) is 0. The van der Waals surface area contributed by atoms with Gasteiger partial charge in [-0.05, 0) is 37.6 Å². The van der Waals surface area contributed by atoms with Crippen molar-refractivity contribution in [3.63, 3.8) is 0 Å². The van der Waals surface area contributed by atoms with Crippen molar-refractivity contribution in [1.29, 1.82) is 0 Å². The van der Waals surface area contributed by atoms with Gasteiger partial charge in [-0.15, -0.1) is 11.8 Å². The maximum absolute atomic E-state index is 3.74. The fraction of sp³-hybridized carbons (Fsp3) is 1.00. The second kappa shape index (κ2) is 3.16. The van der Waals surface area contributed by atoms with Crippen LogP contribution in [0.25, 0.3) is 0 Å². The average Bonchev–Trinajstić information content (AvgIpc) is 2.26. The molecule has 1 N–H and O–H groups in total. The number of hydrogen-bond donors (Lipinski definition) is 1. The topological polar surface area (TPSA) is 12.0 Å². The molecule has 1 aliphatic carbocycles. The molecule has 0 amide bonds. The van der Waals surface area contributed by atoms with Crippen LogP contribution in [0.15, 0.2) is 0 Å². The monoisotopic (exact) mass is 199 g/mol. The van der Waals surface area contributed by atoms with E-state index in [1.165, 1.54) is 32.2 Å². The molecule has 2 unspecified atom stereocenters. The molecule has 1 heterocycles. The van der Waals surface area contributed by atoms with E-state index in [1.54, 1.807) is 0 Å². The SMILES string of the molecule is CC1CCNC2(CCC(C)(C)C2)S1. The molecule has 1 saturated carbocycles. The highest BCUT2D eigenvalue weighted by Crippen LogP contribution is 2.51. The van der Waals surface area contributed by atoms with Crippen molar-refractivity contribution in [2.75, 3.05) is 6.54 Å². The first kappa shape index (κ1) is 9.85. The molecule has 0 radical (unpaired) electrons. The maximum atomic E-state index is 3.74.